The first-order valence-electron chi connectivity index (χ1n) is 6.70. The molecule has 4 nitrogen and oxygen atoms in total. The van der Waals surface area contributed by atoms with Crippen LogP contribution in [0.4, 0.5) is 0 Å². The molecule has 0 saturated carbocycles. The van der Waals surface area contributed by atoms with Gasteiger partial charge in [-0.1, -0.05) is 26.0 Å². The minimum absolute atomic E-state index is 0.500. The Morgan fingerprint density at radius 3 is 2.79 bits per heavy atom. The van der Waals surface area contributed by atoms with Crippen LogP contribution in [0.1, 0.15) is 31.4 Å². The smallest absolute Gasteiger partial charge is 0.188 e. The summed E-state index contributed by atoms with van der Waals surface area (Å²) in [6.07, 6.45) is 1.09. The second-order valence-corrected chi connectivity index (χ2v) is 5.11. The van der Waals surface area contributed by atoms with Crippen molar-refractivity contribution in [2.24, 2.45) is 16.6 Å². The first-order valence-corrected chi connectivity index (χ1v) is 6.70. The van der Waals surface area contributed by atoms with E-state index in [0.717, 1.165) is 29.8 Å². The van der Waals surface area contributed by atoms with Gasteiger partial charge in [0, 0.05) is 6.54 Å². The summed E-state index contributed by atoms with van der Waals surface area (Å²) in [5, 5.41) is 3.12. The minimum Gasteiger partial charge on any atom is -0.496 e. The number of aryl methyl sites for hydroxylation is 1. The van der Waals surface area contributed by atoms with Gasteiger partial charge in [0.1, 0.15) is 5.75 Å². The molecule has 4 heteroatoms. The van der Waals surface area contributed by atoms with Crippen LogP contribution in [0.25, 0.3) is 0 Å². The Morgan fingerprint density at radius 2 is 2.16 bits per heavy atom. The molecule has 3 N–H and O–H groups in total. The number of nitrogens with one attached hydrogen (secondary N) is 1. The number of rotatable bonds is 6. The minimum atomic E-state index is 0.500. The van der Waals surface area contributed by atoms with E-state index in [1.165, 1.54) is 0 Å². The lowest BCUT2D eigenvalue weighted by molar-refractivity contribution is 0.411. The molecule has 0 aliphatic carbocycles. The fourth-order valence-corrected chi connectivity index (χ4v) is 1.68. The molecule has 19 heavy (non-hydrogen) atoms. The van der Waals surface area contributed by atoms with E-state index in [9.17, 15) is 0 Å². The summed E-state index contributed by atoms with van der Waals surface area (Å²) in [7, 11) is 1.68. The van der Waals surface area contributed by atoms with Crippen molar-refractivity contribution in [2.75, 3.05) is 13.7 Å². The van der Waals surface area contributed by atoms with Gasteiger partial charge in [-0.05, 0) is 36.5 Å². The van der Waals surface area contributed by atoms with Crippen LogP contribution >= 0.6 is 0 Å². The van der Waals surface area contributed by atoms with Gasteiger partial charge in [-0.2, -0.15) is 0 Å². The van der Waals surface area contributed by atoms with Gasteiger partial charge < -0.3 is 15.8 Å². The van der Waals surface area contributed by atoms with E-state index in [1.54, 1.807) is 7.11 Å². The monoisotopic (exact) mass is 263 g/mol. The summed E-state index contributed by atoms with van der Waals surface area (Å²) >= 11 is 0. The zero-order valence-electron chi connectivity index (χ0n) is 12.4. The van der Waals surface area contributed by atoms with Crippen molar-refractivity contribution >= 4 is 5.96 Å². The molecule has 0 unspecified atom stereocenters. The fourth-order valence-electron chi connectivity index (χ4n) is 1.68. The fraction of sp³-hybridized carbons (Fsp3) is 0.533. The highest BCUT2D eigenvalue weighted by molar-refractivity contribution is 5.77. The zero-order valence-corrected chi connectivity index (χ0v) is 12.4. The van der Waals surface area contributed by atoms with Crippen molar-refractivity contribution < 1.29 is 4.74 Å². The largest absolute Gasteiger partial charge is 0.496 e. The highest BCUT2D eigenvalue weighted by atomic mass is 16.5. The number of aliphatic imine (C=N–C) groups is 1. The highest BCUT2D eigenvalue weighted by Crippen LogP contribution is 2.19. The third-order valence-electron chi connectivity index (χ3n) is 2.93. The van der Waals surface area contributed by atoms with Gasteiger partial charge >= 0.3 is 0 Å². The van der Waals surface area contributed by atoms with Gasteiger partial charge in [0.25, 0.3) is 0 Å². The van der Waals surface area contributed by atoms with E-state index in [1.807, 2.05) is 25.1 Å². The van der Waals surface area contributed by atoms with Crippen LogP contribution < -0.4 is 15.8 Å². The SMILES string of the molecule is COc1cc(CN=C(N)NCCC(C)C)ccc1C. The lowest BCUT2D eigenvalue weighted by atomic mass is 10.1. The third-order valence-corrected chi connectivity index (χ3v) is 2.93. The second-order valence-electron chi connectivity index (χ2n) is 5.11. The Labute approximate surface area is 116 Å². The lowest BCUT2D eigenvalue weighted by Gasteiger charge is -2.08. The van der Waals surface area contributed by atoms with Crippen LogP contribution in [0.3, 0.4) is 0 Å². The first-order chi connectivity index (χ1) is 9.02. The second kappa shape index (κ2) is 7.67. The lowest BCUT2D eigenvalue weighted by Crippen LogP contribution is -2.32. The molecule has 1 aromatic rings. The molecule has 0 atom stereocenters. The maximum absolute atomic E-state index is 5.82. The Balaban J connectivity index is 2.50. The normalized spacial score (nSPS) is 11.7. The van der Waals surface area contributed by atoms with E-state index in [2.05, 4.69) is 24.2 Å². The molecule has 0 amide bonds. The molecule has 0 spiro atoms. The molecule has 0 aliphatic rings. The molecule has 0 fully saturated rings. The number of nitrogens with two attached hydrogens (primary N) is 1. The number of hydrogen-bond donors (Lipinski definition) is 2. The Hall–Kier alpha value is -1.71. The van der Waals surface area contributed by atoms with Gasteiger partial charge in [-0.3, -0.25) is 0 Å². The number of nitrogens with zero attached hydrogens (tertiary/aromatic N) is 1. The Kier molecular flexibility index (Phi) is 6.19. The van der Waals surface area contributed by atoms with Crippen molar-refractivity contribution in [1.29, 1.82) is 0 Å². The van der Waals surface area contributed by atoms with Crippen molar-refractivity contribution in [3.8, 4) is 5.75 Å². The van der Waals surface area contributed by atoms with Crippen molar-refractivity contribution in [2.45, 2.75) is 33.7 Å². The molecule has 0 aliphatic heterocycles. The summed E-state index contributed by atoms with van der Waals surface area (Å²) in [5.41, 5.74) is 8.03. The van der Waals surface area contributed by atoms with Gasteiger partial charge in [-0.25, -0.2) is 4.99 Å². The van der Waals surface area contributed by atoms with Crippen LogP contribution in [-0.4, -0.2) is 19.6 Å². The average Bonchev–Trinajstić information content (AvgIpc) is 2.37. The van der Waals surface area contributed by atoms with Crippen LogP contribution in [0, 0.1) is 12.8 Å². The molecular weight excluding hydrogens is 238 g/mol. The summed E-state index contributed by atoms with van der Waals surface area (Å²) in [6, 6.07) is 6.08. The molecule has 1 aromatic carbocycles. The van der Waals surface area contributed by atoms with E-state index in [0.29, 0.717) is 18.4 Å². The third kappa shape index (κ3) is 5.64. The maximum atomic E-state index is 5.82. The predicted molar refractivity (Wildman–Crippen MR) is 80.5 cm³/mol. The molecular formula is C15H25N3O. The van der Waals surface area contributed by atoms with Gasteiger partial charge in [0.15, 0.2) is 5.96 Å². The molecule has 0 saturated heterocycles. The Morgan fingerprint density at radius 1 is 1.42 bits per heavy atom. The topological polar surface area (TPSA) is 59.6 Å². The van der Waals surface area contributed by atoms with Gasteiger partial charge in [0.05, 0.1) is 13.7 Å². The summed E-state index contributed by atoms with van der Waals surface area (Å²) in [4.78, 5) is 4.32. The van der Waals surface area contributed by atoms with E-state index in [4.69, 9.17) is 10.5 Å². The zero-order chi connectivity index (χ0) is 14.3. The van der Waals surface area contributed by atoms with Crippen LogP contribution in [0.5, 0.6) is 5.75 Å². The Bertz CT molecular complexity index is 427. The molecule has 106 valence electrons. The van der Waals surface area contributed by atoms with Crippen molar-refractivity contribution in [1.82, 2.24) is 5.32 Å². The van der Waals surface area contributed by atoms with Gasteiger partial charge in [-0.15, -0.1) is 0 Å². The quantitative estimate of drug-likeness (QED) is 0.612. The van der Waals surface area contributed by atoms with Crippen LogP contribution in [0.15, 0.2) is 23.2 Å². The number of guanidine groups is 1. The van der Waals surface area contributed by atoms with Crippen LogP contribution in [0.2, 0.25) is 0 Å². The molecule has 0 aromatic heterocycles. The number of ether oxygens (including phenoxy) is 1. The van der Waals surface area contributed by atoms with E-state index < -0.39 is 0 Å². The summed E-state index contributed by atoms with van der Waals surface area (Å²) < 4.78 is 5.29. The first kappa shape index (κ1) is 15.3. The number of methoxy groups -OCH3 is 1. The van der Waals surface area contributed by atoms with Crippen molar-refractivity contribution in [3.63, 3.8) is 0 Å². The van der Waals surface area contributed by atoms with Crippen molar-refractivity contribution in [3.05, 3.63) is 29.3 Å². The highest BCUT2D eigenvalue weighted by Gasteiger charge is 2.00. The maximum Gasteiger partial charge on any atom is 0.188 e. The predicted octanol–water partition coefficient (Wildman–Crippen LogP) is 2.45. The molecule has 1 rings (SSSR count). The van der Waals surface area contributed by atoms with E-state index >= 15 is 0 Å². The summed E-state index contributed by atoms with van der Waals surface area (Å²) in [6.45, 7) is 7.83. The van der Waals surface area contributed by atoms with Gasteiger partial charge in [0.2, 0.25) is 0 Å². The summed E-state index contributed by atoms with van der Waals surface area (Å²) in [5.74, 6) is 2.06. The standard InChI is InChI=1S/C15H25N3O/c1-11(2)7-8-17-15(16)18-10-13-6-5-12(3)14(9-13)19-4/h5-6,9,11H,7-8,10H2,1-4H3,(H3,16,17,18). The molecule has 0 radical (unpaired) electrons. The van der Waals surface area contributed by atoms with Crippen LogP contribution in [-0.2, 0) is 6.54 Å². The molecule has 0 heterocycles. The van der Waals surface area contributed by atoms with E-state index in [-0.39, 0.29) is 0 Å². The number of hydrogen-bond acceptors (Lipinski definition) is 2. The number of benzene rings is 1. The average molecular weight is 263 g/mol. The molecule has 0 bridgehead atoms.